The molecule has 2 aromatic rings. The average molecular weight is 286 g/mol. The monoisotopic (exact) mass is 286 g/mol. The summed E-state index contributed by atoms with van der Waals surface area (Å²) in [6.07, 6.45) is 3.82. The van der Waals surface area contributed by atoms with Gasteiger partial charge in [0.2, 0.25) is 0 Å². The molecule has 2 heterocycles. The number of hydrogen-bond acceptors (Lipinski definition) is 4. The topological polar surface area (TPSA) is 69.0 Å². The van der Waals surface area contributed by atoms with Gasteiger partial charge >= 0.3 is 0 Å². The third kappa shape index (κ3) is 3.28. The predicted molar refractivity (Wildman–Crippen MR) is 77.4 cm³/mol. The van der Waals surface area contributed by atoms with Crippen LogP contribution in [-0.4, -0.2) is 40.2 Å². The summed E-state index contributed by atoms with van der Waals surface area (Å²) in [6, 6.07) is 7.87. The van der Waals surface area contributed by atoms with Crippen molar-refractivity contribution in [1.82, 2.24) is 20.3 Å². The lowest BCUT2D eigenvalue weighted by Gasteiger charge is -2.09. The lowest BCUT2D eigenvalue weighted by Crippen LogP contribution is -2.31. The van der Waals surface area contributed by atoms with E-state index in [0.29, 0.717) is 12.2 Å². The molecule has 0 radical (unpaired) electrons. The molecule has 6 nitrogen and oxygen atoms in total. The summed E-state index contributed by atoms with van der Waals surface area (Å²) in [5.74, 6) is -0.219. The van der Waals surface area contributed by atoms with E-state index in [1.165, 1.54) is 5.56 Å². The molecule has 110 valence electrons. The molecule has 3 rings (SSSR count). The van der Waals surface area contributed by atoms with Gasteiger partial charge in [0.25, 0.3) is 5.91 Å². The SMILES string of the molecule is Cc1ccc(-n2cc(C(=O)NCC3CCCO3)nn2)cc1. The van der Waals surface area contributed by atoms with Crippen LogP contribution in [0.25, 0.3) is 5.69 Å². The Morgan fingerprint density at radius 2 is 2.24 bits per heavy atom. The van der Waals surface area contributed by atoms with Gasteiger partial charge in [-0.1, -0.05) is 22.9 Å². The van der Waals surface area contributed by atoms with Crippen LogP contribution >= 0.6 is 0 Å². The molecule has 6 heteroatoms. The molecule has 1 amide bonds. The second kappa shape index (κ2) is 6.05. The Morgan fingerprint density at radius 1 is 1.43 bits per heavy atom. The summed E-state index contributed by atoms with van der Waals surface area (Å²) in [6.45, 7) is 3.33. The predicted octanol–water partition coefficient (Wildman–Crippen LogP) is 1.48. The molecule has 0 bridgehead atoms. The molecule has 1 aromatic carbocycles. The van der Waals surface area contributed by atoms with Gasteiger partial charge in [-0.05, 0) is 31.9 Å². The number of aryl methyl sites for hydroxylation is 1. The van der Waals surface area contributed by atoms with Crippen molar-refractivity contribution in [2.45, 2.75) is 25.9 Å². The van der Waals surface area contributed by atoms with E-state index in [1.807, 2.05) is 31.2 Å². The maximum atomic E-state index is 12.0. The van der Waals surface area contributed by atoms with Gasteiger partial charge in [-0.2, -0.15) is 0 Å². The number of carbonyl (C=O) groups is 1. The maximum absolute atomic E-state index is 12.0. The van der Waals surface area contributed by atoms with Crippen LogP contribution < -0.4 is 5.32 Å². The van der Waals surface area contributed by atoms with E-state index < -0.39 is 0 Å². The number of nitrogens with one attached hydrogen (secondary N) is 1. The third-order valence-corrected chi connectivity index (χ3v) is 3.54. The minimum absolute atomic E-state index is 0.126. The second-order valence-corrected chi connectivity index (χ2v) is 5.23. The Balaban J connectivity index is 1.63. The standard InChI is InChI=1S/C15H18N4O2/c1-11-4-6-12(7-5-11)19-10-14(17-18-19)15(20)16-9-13-3-2-8-21-13/h4-7,10,13H,2-3,8-9H2,1H3,(H,16,20). The highest BCUT2D eigenvalue weighted by atomic mass is 16.5. The van der Waals surface area contributed by atoms with Crippen molar-refractivity contribution in [3.63, 3.8) is 0 Å². The summed E-state index contributed by atoms with van der Waals surface area (Å²) < 4.78 is 7.07. The van der Waals surface area contributed by atoms with E-state index in [0.717, 1.165) is 25.1 Å². The summed E-state index contributed by atoms with van der Waals surface area (Å²) in [5.41, 5.74) is 2.37. The van der Waals surface area contributed by atoms with E-state index in [4.69, 9.17) is 4.74 Å². The molecule has 1 aliphatic heterocycles. The fourth-order valence-corrected chi connectivity index (χ4v) is 2.29. The first-order valence-corrected chi connectivity index (χ1v) is 7.11. The van der Waals surface area contributed by atoms with Gasteiger partial charge in [0, 0.05) is 13.2 Å². The number of aromatic nitrogens is 3. The van der Waals surface area contributed by atoms with Gasteiger partial charge < -0.3 is 10.1 Å². The van der Waals surface area contributed by atoms with Crippen LogP contribution in [0.1, 0.15) is 28.9 Å². The summed E-state index contributed by atoms with van der Waals surface area (Å²) in [7, 11) is 0. The number of amides is 1. The molecule has 1 aromatic heterocycles. The number of benzene rings is 1. The zero-order valence-electron chi connectivity index (χ0n) is 12.0. The van der Waals surface area contributed by atoms with Crippen molar-refractivity contribution >= 4 is 5.91 Å². The first-order valence-electron chi connectivity index (χ1n) is 7.11. The minimum Gasteiger partial charge on any atom is -0.376 e. The van der Waals surface area contributed by atoms with Crippen LogP contribution in [0.15, 0.2) is 30.5 Å². The molecule has 0 saturated carbocycles. The molecule has 0 spiro atoms. The third-order valence-electron chi connectivity index (χ3n) is 3.54. The zero-order chi connectivity index (χ0) is 14.7. The van der Waals surface area contributed by atoms with Crippen molar-refractivity contribution in [3.8, 4) is 5.69 Å². The van der Waals surface area contributed by atoms with Crippen LogP contribution in [0.5, 0.6) is 0 Å². The number of nitrogens with zero attached hydrogens (tertiary/aromatic N) is 3. The summed E-state index contributed by atoms with van der Waals surface area (Å²) >= 11 is 0. The van der Waals surface area contributed by atoms with E-state index in [9.17, 15) is 4.79 Å². The van der Waals surface area contributed by atoms with Gasteiger partial charge in [0.1, 0.15) is 0 Å². The molecule has 1 unspecified atom stereocenters. The largest absolute Gasteiger partial charge is 0.376 e. The summed E-state index contributed by atoms with van der Waals surface area (Å²) in [4.78, 5) is 12.0. The quantitative estimate of drug-likeness (QED) is 0.924. The highest BCUT2D eigenvalue weighted by molar-refractivity contribution is 5.91. The molecule has 1 N–H and O–H groups in total. The second-order valence-electron chi connectivity index (χ2n) is 5.23. The number of carbonyl (C=O) groups excluding carboxylic acids is 1. The average Bonchev–Trinajstić information content (AvgIpc) is 3.17. The Bertz CT molecular complexity index is 615. The van der Waals surface area contributed by atoms with Crippen molar-refractivity contribution in [1.29, 1.82) is 0 Å². The minimum atomic E-state index is -0.219. The Kier molecular flexibility index (Phi) is 3.96. The van der Waals surface area contributed by atoms with Gasteiger partial charge in [-0.15, -0.1) is 5.10 Å². The number of rotatable bonds is 4. The van der Waals surface area contributed by atoms with Crippen molar-refractivity contribution in [2.24, 2.45) is 0 Å². The molecule has 1 aliphatic rings. The van der Waals surface area contributed by atoms with Crippen molar-refractivity contribution in [3.05, 3.63) is 41.7 Å². The Morgan fingerprint density at radius 3 is 2.95 bits per heavy atom. The fraction of sp³-hybridized carbons (Fsp3) is 0.400. The molecule has 1 fully saturated rings. The number of ether oxygens (including phenoxy) is 1. The van der Waals surface area contributed by atoms with Crippen LogP contribution in [0, 0.1) is 6.92 Å². The zero-order valence-corrected chi connectivity index (χ0v) is 12.0. The highest BCUT2D eigenvalue weighted by Gasteiger charge is 2.18. The van der Waals surface area contributed by atoms with Crippen molar-refractivity contribution in [2.75, 3.05) is 13.2 Å². The fourth-order valence-electron chi connectivity index (χ4n) is 2.29. The summed E-state index contributed by atoms with van der Waals surface area (Å²) in [5, 5.41) is 10.7. The van der Waals surface area contributed by atoms with Crippen molar-refractivity contribution < 1.29 is 9.53 Å². The van der Waals surface area contributed by atoms with E-state index in [2.05, 4.69) is 15.6 Å². The van der Waals surface area contributed by atoms with E-state index in [1.54, 1.807) is 10.9 Å². The van der Waals surface area contributed by atoms with E-state index >= 15 is 0 Å². The number of hydrogen-bond donors (Lipinski definition) is 1. The van der Waals surface area contributed by atoms with Crippen LogP contribution in [0.2, 0.25) is 0 Å². The molecule has 0 aliphatic carbocycles. The van der Waals surface area contributed by atoms with Crippen LogP contribution in [0.3, 0.4) is 0 Å². The smallest absolute Gasteiger partial charge is 0.273 e. The van der Waals surface area contributed by atoms with Gasteiger partial charge in [0.05, 0.1) is 18.0 Å². The van der Waals surface area contributed by atoms with Gasteiger partial charge in [-0.25, -0.2) is 4.68 Å². The Labute approximate surface area is 123 Å². The normalized spacial score (nSPS) is 17.9. The lowest BCUT2D eigenvalue weighted by atomic mass is 10.2. The molecule has 1 saturated heterocycles. The molecular formula is C15H18N4O2. The van der Waals surface area contributed by atoms with E-state index in [-0.39, 0.29) is 12.0 Å². The Hall–Kier alpha value is -2.21. The highest BCUT2D eigenvalue weighted by Crippen LogP contribution is 2.11. The lowest BCUT2D eigenvalue weighted by molar-refractivity contribution is 0.0853. The van der Waals surface area contributed by atoms with Gasteiger partial charge in [-0.3, -0.25) is 4.79 Å². The first-order chi connectivity index (χ1) is 10.2. The van der Waals surface area contributed by atoms with Crippen LogP contribution in [-0.2, 0) is 4.74 Å². The molecule has 21 heavy (non-hydrogen) atoms. The first kappa shape index (κ1) is 13.8. The van der Waals surface area contributed by atoms with Gasteiger partial charge in [0.15, 0.2) is 5.69 Å². The van der Waals surface area contributed by atoms with Crippen LogP contribution in [0.4, 0.5) is 0 Å². The molecular weight excluding hydrogens is 268 g/mol. The maximum Gasteiger partial charge on any atom is 0.273 e. The molecule has 1 atom stereocenters.